The van der Waals surface area contributed by atoms with Gasteiger partial charge in [-0.3, -0.25) is 4.90 Å². The number of nitrogens with zero attached hydrogens (tertiary/aromatic N) is 1. The summed E-state index contributed by atoms with van der Waals surface area (Å²) in [6, 6.07) is 6.90. The number of aryl methyl sites for hydroxylation is 1. The minimum Gasteiger partial charge on any atom is -0.491 e. The van der Waals surface area contributed by atoms with Crippen LogP contribution in [0.4, 0.5) is 0 Å². The maximum atomic E-state index is 10.3. The molecule has 1 fully saturated rings. The number of hydrogen-bond donors (Lipinski definition) is 1. The van der Waals surface area contributed by atoms with Crippen molar-refractivity contribution >= 4 is 0 Å². The van der Waals surface area contributed by atoms with Gasteiger partial charge in [-0.2, -0.15) is 0 Å². The molecule has 3 heteroatoms. The summed E-state index contributed by atoms with van der Waals surface area (Å²) in [6.45, 7) is 10.8. The number of ether oxygens (including phenoxy) is 1. The maximum absolute atomic E-state index is 10.3. The molecule has 0 aliphatic carbocycles. The monoisotopic (exact) mass is 305 g/mol. The van der Waals surface area contributed by atoms with Gasteiger partial charge in [0.25, 0.3) is 0 Å². The highest BCUT2D eigenvalue weighted by molar-refractivity contribution is 5.39. The average molecular weight is 305 g/mol. The van der Waals surface area contributed by atoms with Crippen LogP contribution in [0, 0.1) is 6.92 Å². The molecular formula is C19H31NO2. The van der Waals surface area contributed by atoms with Crippen LogP contribution in [0.5, 0.6) is 5.75 Å². The molecule has 2 rings (SSSR count). The molecule has 0 amide bonds. The fourth-order valence-corrected chi connectivity index (χ4v) is 3.18. The van der Waals surface area contributed by atoms with Gasteiger partial charge in [0.15, 0.2) is 0 Å². The van der Waals surface area contributed by atoms with Crippen molar-refractivity contribution in [2.24, 2.45) is 0 Å². The van der Waals surface area contributed by atoms with Crippen molar-refractivity contribution in [3.05, 3.63) is 29.3 Å². The van der Waals surface area contributed by atoms with Gasteiger partial charge in [-0.05, 0) is 56.3 Å². The van der Waals surface area contributed by atoms with Gasteiger partial charge in [0.05, 0.1) is 0 Å². The number of rotatable bonds is 6. The highest BCUT2D eigenvalue weighted by Crippen LogP contribution is 2.27. The zero-order valence-corrected chi connectivity index (χ0v) is 14.5. The van der Waals surface area contributed by atoms with Crippen LogP contribution < -0.4 is 4.74 Å². The van der Waals surface area contributed by atoms with Crippen molar-refractivity contribution in [1.82, 2.24) is 4.90 Å². The Morgan fingerprint density at radius 2 is 2.09 bits per heavy atom. The quantitative estimate of drug-likeness (QED) is 0.869. The Hall–Kier alpha value is -1.06. The molecule has 2 atom stereocenters. The molecule has 0 saturated carbocycles. The molecule has 124 valence electrons. The number of aliphatic hydroxyl groups excluding tert-OH is 1. The molecule has 22 heavy (non-hydrogen) atoms. The van der Waals surface area contributed by atoms with E-state index in [0.717, 1.165) is 12.3 Å². The normalized spacial score (nSPS) is 21.1. The molecule has 0 aromatic heterocycles. The zero-order valence-electron chi connectivity index (χ0n) is 14.5. The Balaban J connectivity index is 1.90. The lowest BCUT2D eigenvalue weighted by molar-refractivity contribution is 0.0435. The number of piperidine rings is 1. The van der Waals surface area contributed by atoms with Crippen molar-refractivity contribution in [2.45, 2.75) is 65.0 Å². The minimum absolute atomic E-state index is 0.367. The van der Waals surface area contributed by atoms with Crippen LogP contribution in [0.25, 0.3) is 0 Å². The molecule has 1 N–H and O–H groups in total. The molecule has 0 spiro atoms. The SMILES string of the molecule is Cc1ccc(C(C)C)c(OCC(O)CN2CCCCC2C)c1. The Labute approximate surface area is 135 Å². The van der Waals surface area contributed by atoms with Gasteiger partial charge in [-0.25, -0.2) is 0 Å². The molecule has 1 aliphatic rings. The van der Waals surface area contributed by atoms with E-state index in [1.54, 1.807) is 0 Å². The summed E-state index contributed by atoms with van der Waals surface area (Å²) in [5, 5.41) is 10.3. The summed E-state index contributed by atoms with van der Waals surface area (Å²) in [5.41, 5.74) is 2.41. The van der Waals surface area contributed by atoms with Crippen molar-refractivity contribution in [2.75, 3.05) is 19.7 Å². The summed E-state index contributed by atoms with van der Waals surface area (Å²) in [4.78, 5) is 2.39. The molecule has 3 nitrogen and oxygen atoms in total. The summed E-state index contributed by atoms with van der Waals surface area (Å²) >= 11 is 0. The van der Waals surface area contributed by atoms with E-state index in [0.29, 0.717) is 25.1 Å². The topological polar surface area (TPSA) is 32.7 Å². The smallest absolute Gasteiger partial charge is 0.123 e. The predicted molar refractivity (Wildman–Crippen MR) is 91.7 cm³/mol. The molecule has 1 saturated heterocycles. The van der Waals surface area contributed by atoms with Gasteiger partial charge >= 0.3 is 0 Å². The Morgan fingerprint density at radius 3 is 2.77 bits per heavy atom. The second kappa shape index (κ2) is 7.98. The molecule has 2 unspecified atom stereocenters. The third-order valence-electron chi connectivity index (χ3n) is 4.61. The molecule has 0 bridgehead atoms. The summed E-state index contributed by atoms with van der Waals surface area (Å²) in [5.74, 6) is 1.34. The minimum atomic E-state index is -0.430. The first kappa shape index (κ1) is 17.3. The molecular weight excluding hydrogens is 274 g/mol. The molecule has 0 radical (unpaired) electrons. The van der Waals surface area contributed by atoms with Crippen molar-refractivity contribution in [3.8, 4) is 5.75 Å². The predicted octanol–water partition coefficient (Wildman–Crippen LogP) is 3.73. The van der Waals surface area contributed by atoms with Gasteiger partial charge < -0.3 is 9.84 Å². The summed E-state index contributed by atoms with van der Waals surface area (Å²) < 4.78 is 5.94. The number of β-amino-alcohol motifs (C(OH)–C–C–N with tert-alkyl or cyclic N) is 1. The van der Waals surface area contributed by atoms with E-state index in [9.17, 15) is 5.11 Å². The van der Waals surface area contributed by atoms with E-state index >= 15 is 0 Å². The second-order valence-corrected chi connectivity index (χ2v) is 7.00. The van der Waals surface area contributed by atoms with E-state index in [2.05, 4.69) is 50.8 Å². The lowest BCUT2D eigenvalue weighted by Gasteiger charge is -2.34. The Morgan fingerprint density at radius 1 is 1.32 bits per heavy atom. The molecule has 1 heterocycles. The van der Waals surface area contributed by atoms with Crippen LogP contribution in [0.1, 0.15) is 57.1 Å². The summed E-state index contributed by atoms with van der Waals surface area (Å²) in [7, 11) is 0. The largest absolute Gasteiger partial charge is 0.491 e. The molecule has 1 aliphatic heterocycles. The van der Waals surface area contributed by atoms with Gasteiger partial charge in [-0.1, -0.05) is 32.4 Å². The van der Waals surface area contributed by atoms with E-state index in [1.165, 1.54) is 30.4 Å². The number of hydrogen-bond acceptors (Lipinski definition) is 3. The first-order valence-electron chi connectivity index (χ1n) is 8.63. The average Bonchev–Trinajstić information content (AvgIpc) is 2.47. The van der Waals surface area contributed by atoms with Gasteiger partial charge in [0.2, 0.25) is 0 Å². The van der Waals surface area contributed by atoms with Gasteiger partial charge in [0, 0.05) is 12.6 Å². The highest BCUT2D eigenvalue weighted by Gasteiger charge is 2.21. The van der Waals surface area contributed by atoms with Crippen molar-refractivity contribution < 1.29 is 9.84 Å². The molecule has 1 aromatic carbocycles. The van der Waals surface area contributed by atoms with Gasteiger partial charge in [-0.15, -0.1) is 0 Å². The van der Waals surface area contributed by atoms with E-state index in [1.807, 2.05) is 0 Å². The van der Waals surface area contributed by atoms with Gasteiger partial charge in [0.1, 0.15) is 18.5 Å². The van der Waals surface area contributed by atoms with Crippen LogP contribution in [0.15, 0.2) is 18.2 Å². The lowest BCUT2D eigenvalue weighted by atomic mass is 10.0. The fourth-order valence-electron chi connectivity index (χ4n) is 3.18. The van der Waals surface area contributed by atoms with E-state index < -0.39 is 6.10 Å². The van der Waals surface area contributed by atoms with E-state index in [4.69, 9.17) is 4.74 Å². The van der Waals surface area contributed by atoms with Crippen LogP contribution in [0.2, 0.25) is 0 Å². The van der Waals surface area contributed by atoms with Crippen molar-refractivity contribution in [3.63, 3.8) is 0 Å². The highest BCUT2D eigenvalue weighted by atomic mass is 16.5. The Bertz CT molecular complexity index is 473. The van der Waals surface area contributed by atoms with E-state index in [-0.39, 0.29) is 0 Å². The fraction of sp³-hybridized carbons (Fsp3) is 0.684. The first-order valence-corrected chi connectivity index (χ1v) is 8.63. The number of benzene rings is 1. The Kier molecular flexibility index (Phi) is 6.27. The zero-order chi connectivity index (χ0) is 16.1. The third-order valence-corrected chi connectivity index (χ3v) is 4.61. The van der Waals surface area contributed by atoms with Crippen LogP contribution in [-0.2, 0) is 0 Å². The van der Waals surface area contributed by atoms with Crippen LogP contribution in [-0.4, -0.2) is 41.8 Å². The first-order chi connectivity index (χ1) is 10.5. The van der Waals surface area contributed by atoms with Crippen LogP contribution >= 0.6 is 0 Å². The maximum Gasteiger partial charge on any atom is 0.123 e. The van der Waals surface area contributed by atoms with Crippen molar-refractivity contribution in [1.29, 1.82) is 0 Å². The lowest BCUT2D eigenvalue weighted by Crippen LogP contribution is -2.43. The standard InChI is InChI=1S/C19H31NO2/c1-14(2)18-9-8-15(3)11-19(18)22-13-17(21)12-20-10-6-5-7-16(20)4/h8-9,11,14,16-17,21H,5-7,10,12-13H2,1-4H3. The number of aliphatic hydroxyl groups is 1. The third kappa shape index (κ3) is 4.72. The number of likely N-dealkylation sites (tertiary alicyclic amines) is 1. The molecule has 1 aromatic rings. The second-order valence-electron chi connectivity index (χ2n) is 7.00. The van der Waals surface area contributed by atoms with Crippen LogP contribution in [0.3, 0.4) is 0 Å². The summed E-state index contributed by atoms with van der Waals surface area (Å²) in [6.07, 6.45) is 3.36.